The SMILES string of the molecule is CCC(NC)C(=O)N[C@H](C(=O)N1CCC[C@H]1Cn1nnnc1NCc1ccccc1)C(C)(C)COCC#CC#CCOCC(C)(C)[C@H](NC(=O)C(CC)NC)C(=O)N1CCC[C@H]1Cn1nnnc1NCc1ccccc1. The fourth-order valence-electron chi connectivity index (χ4n) is 9.59. The molecule has 410 valence electrons. The van der Waals surface area contributed by atoms with Gasteiger partial charge >= 0.3 is 0 Å². The van der Waals surface area contributed by atoms with Gasteiger partial charge in [-0.25, -0.2) is 9.36 Å². The van der Waals surface area contributed by atoms with Crippen molar-refractivity contribution in [2.45, 2.75) is 142 Å². The average Bonchev–Trinajstić information content (AvgIpc) is 4.27. The van der Waals surface area contributed by atoms with E-state index in [2.05, 4.69) is 86.6 Å². The Balaban J connectivity index is 1.03. The molecule has 6 atom stereocenters. The number of anilines is 2. The number of nitrogens with one attached hydrogen (secondary N) is 6. The first-order valence-electron chi connectivity index (χ1n) is 26.4. The molecule has 2 aromatic carbocycles. The van der Waals surface area contributed by atoms with E-state index in [0.717, 1.165) is 36.8 Å². The molecule has 2 saturated heterocycles. The van der Waals surface area contributed by atoms with Crippen molar-refractivity contribution in [1.29, 1.82) is 0 Å². The molecule has 4 amide bonds. The summed E-state index contributed by atoms with van der Waals surface area (Å²) >= 11 is 0. The molecule has 0 aliphatic carbocycles. The number of likely N-dealkylation sites (tertiary alicyclic amines) is 2. The summed E-state index contributed by atoms with van der Waals surface area (Å²) in [6.07, 6.45) is 4.18. The Morgan fingerprint density at radius 3 is 1.39 bits per heavy atom. The van der Waals surface area contributed by atoms with Crippen LogP contribution in [0.4, 0.5) is 11.9 Å². The van der Waals surface area contributed by atoms with Crippen LogP contribution in [0.2, 0.25) is 0 Å². The second-order valence-corrected chi connectivity index (χ2v) is 20.7. The normalized spacial score (nSPS) is 17.1. The maximum atomic E-state index is 14.6. The molecule has 22 heteroatoms. The van der Waals surface area contributed by atoms with Crippen LogP contribution >= 0.6 is 0 Å². The van der Waals surface area contributed by atoms with Crippen LogP contribution in [-0.2, 0) is 54.8 Å². The molecule has 6 rings (SSSR count). The second-order valence-electron chi connectivity index (χ2n) is 20.7. The van der Waals surface area contributed by atoms with Crippen LogP contribution in [0.1, 0.15) is 91.2 Å². The van der Waals surface area contributed by atoms with Gasteiger partial charge in [-0.1, -0.05) is 124 Å². The van der Waals surface area contributed by atoms with Crippen LogP contribution in [0.5, 0.6) is 0 Å². The Labute approximate surface area is 447 Å². The number of hydrogen-bond acceptors (Lipinski definition) is 16. The number of carbonyl (C=O) groups excluding carboxylic acids is 4. The van der Waals surface area contributed by atoms with Crippen molar-refractivity contribution in [2.75, 3.05) is 64.2 Å². The molecule has 22 nitrogen and oxygen atoms in total. The monoisotopic (exact) mass is 1050 g/mol. The van der Waals surface area contributed by atoms with Gasteiger partial charge in [0.15, 0.2) is 0 Å². The van der Waals surface area contributed by atoms with Crippen molar-refractivity contribution in [3.8, 4) is 23.7 Å². The maximum Gasteiger partial charge on any atom is 0.246 e. The number of aromatic nitrogens is 8. The fraction of sp³-hybridized carbons (Fsp3) is 0.593. The van der Waals surface area contributed by atoms with E-state index in [1.165, 1.54) is 0 Å². The third kappa shape index (κ3) is 16.3. The smallest absolute Gasteiger partial charge is 0.246 e. The van der Waals surface area contributed by atoms with Crippen molar-refractivity contribution < 1.29 is 28.7 Å². The lowest BCUT2D eigenvalue weighted by Gasteiger charge is -2.38. The van der Waals surface area contributed by atoms with E-state index in [-0.39, 0.29) is 62.1 Å². The number of tetrazole rings is 2. The Bertz CT molecular complexity index is 2420. The average molecular weight is 1050 g/mol. The van der Waals surface area contributed by atoms with Gasteiger partial charge in [-0.2, -0.15) is 0 Å². The van der Waals surface area contributed by atoms with Crippen LogP contribution in [0.25, 0.3) is 0 Å². The Kier molecular flexibility index (Phi) is 22.1. The predicted octanol–water partition coefficient (Wildman–Crippen LogP) is 2.62. The number of rotatable bonds is 28. The van der Waals surface area contributed by atoms with Gasteiger partial charge in [-0.05, 0) is 96.4 Å². The van der Waals surface area contributed by atoms with Gasteiger partial charge in [-0.15, -0.1) is 0 Å². The molecule has 2 aliphatic rings. The topological polar surface area (TPSA) is 253 Å². The summed E-state index contributed by atoms with van der Waals surface area (Å²) in [4.78, 5) is 59.9. The minimum absolute atomic E-state index is 0.0324. The minimum Gasteiger partial charge on any atom is -0.368 e. The Morgan fingerprint density at radius 1 is 0.632 bits per heavy atom. The largest absolute Gasteiger partial charge is 0.368 e. The molecular formula is C54H78N16O6. The van der Waals surface area contributed by atoms with Gasteiger partial charge in [0.2, 0.25) is 35.5 Å². The molecule has 0 bridgehead atoms. The molecule has 4 aromatic rings. The summed E-state index contributed by atoms with van der Waals surface area (Å²) in [5.41, 5.74) is 0.487. The summed E-state index contributed by atoms with van der Waals surface area (Å²) in [5, 5.41) is 43.5. The van der Waals surface area contributed by atoms with E-state index in [9.17, 15) is 19.2 Å². The van der Waals surface area contributed by atoms with Crippen LogP contribution in [0.3, 0.4) is 0 Å². The highest BCUT2D eigenvalue weighted by Gasteiger charge is 2.44. The minimum atomic E-state index is -0.906. The van der Waals surface area contributed by atoms with Gasteiger partial charge in [-0.3, -0.25) is 19.2 Å². The third-order valence-corrected chi connectivity index (χ3v) is 14.1. The standard InChI is InChI=1S/C54H78N16O6/c1-9-43(55-7)47(71)59-45(49(73)67-29-21-27-41(67)35-69-51(61-63-65-69)57-33-39-23-15-13-16-24-39)53(3,4)37-75-31-19-11-12-20-32-76-38-54(5,6)46(60-48(72)44(10-2)56-8)50(74)68-30-22-28-42(68)36-70-52(62-64-66-70)58-34-40-25-17-14-18-26-40/h13-18,23-26,41-46,55-56H,9-10,21-22,27-38H2,1-8H3,(H,59,71)(H,60,72)(H,57,61,65)(H,58,62,66)/t41-,42-,43?,44?,45+,46+/m0/s1. The Hall–Kier alpha value is -6.98. The summed E-state index contributed by atoms with van der Waals surface area (Å²) < 4.78 is 15.4. The number of nitrogens with zero attached hydrogens (tertiary/aromatic N) is 10. The summed E-state index contributed by atoms with van der Waals surface area (Å²) in [6, 6.07) is 16.7. The molecule has 76 heavy (non-hydrogen) atoms. The lowest BCUT2D eigenvalue weighted by atomic mass is 9.83. The first kappa shape index (κ1) is 58.3. The molecule has 0 saturated carbocycles. The van der Waals surface area contributed by atoms with E-state index in [1.807, 2.05) is 112 Å². The van der Waals surface area contributed by atoms with Crippen LogP contribution in [0.15, 0.2) is 60.7 Å². The number of hydrogen-bond donors (Lipinski definition) is 6. The van der Waals surface area contributed by atoms with E-state index >= 15 is 0 Å². The van der Waals surface area contributed by atoms with Crippen molar-refractivity contribution >= 4 is 35.5 Å². The van der Waals surface area contributed by atoms with Crippen molar-refractivity contribution in [3.05, 3.63) is 71.8 Å². The highest BCUT2D eigenvalue weighted by atomic mass is 16.5. The Morgan fingerprint density at radius 2 is 1.03 bits per heavy atom. The first-order valence-corrected chi connectivity index (χ1v) is 26.4. The zero-order valence-electron chi connectivity index (χ0n) is 45.5. The van der Waals surface area contributed by atoms with E-state index in [1.54, 1.807) is 23.5 Å². The fourth-order valence-corrected chi connectivity index (χ4v) is 9.59. The van der Waals surface area contributed by atoms with Gasteiger partial charge in [0.25, 0.3) is 0 Å². The van der Waals surface area contributed by atoms with Crippen LogP contribution in [0, 0.1) is 34.5 Å². The molecule has 0 spiro atoms. The molecule has 2 unspecified atom stereocenters. The summed E-state index contributed by atoms with van der Waals surface area (Å²) in [5.74, 6) is 11.5. The highest BCUT2D eigenvalue weighted by Crippen LogP contribution is 2.30. The molecule has 2 fully saturated rings. The number of benzene rings is 2. The molecular weight excluding hydrogens is 969 g/mol. The second kappa shape index (κ2) is 28.8. The predicted molar refractivity (Wildman–Crippen MR) is 288 cm³/mol. The number of likely N-dealkylation sites (N-methyl/N-ethyl adjacent to an activating group) is 2. The van der Waals surface area contributed by atoms with Crippen molar-refractivity contribution in [1.82, 2.24) is 71.5 Å². The summed E-state index contributed by atoms with van der Waals surface area (Å²) in [7, 11) is 3.45. The van der Waals surface area contributed by atoms with Gasteiger partial charge in [0, 0.05) is 37.0 Å². The van der Waals surface area contributed by atoms with Crippen molar-refractivity contribution in [3.63, 3.8) is 0 Å². The highest BCUT2D eigenvalue weighted by molar-refractivity contribution is 5.91. The van der Waals surface area contributed by atoms with E-state index in [0.29, 0.717) is 64.0 Å². The molecule has 0 radical (unpaired) electrons. The molecule has 6 N–H and O–H groups in total. The maximum absolute atomic E-state index is 14.6. The van der Waals surface area contributed by atoms with Gasteiger partial charge < -0.3 is 51.2 Å². The lowest BCUT2D eigenvalue weighted by Crippen LogP contribution is -2.60. The molecule has 2 aromatic heterocycles. The summed E-state index contributed by atoms with van der Waals surface area (Å²) in [6.45, 7) is 14.6. The van der Waals surface area contributed by atoms with E-state index < -0.39 is 35.0 Å². The quantitative estimate of drug-likeness (QED) is 0.0353. The first-order chi connectivity index (χ1) is 36.7. The number of carbonyl (C=O) groups is 4. The van der Waals surface area contributed by atoms with Gasteiger partial charge in [0.1, 0.15) is 25.3 Å². The zero-order valence-corrected chi connectivity index (χ0v) is 45.5. The van der Waals surface area contributed by atoms with Gasteiger partial charge in [0.05, 0.1) is 50.5 Å². The van der Waals surface area contributed by atoms with Crippen LogP contribution in [-0.4, -0.2) is 164 Å². The van der Waals surface area contributed by atoms with E-state index in [4.69, 9.17) is 9.47 Å². The van der Waals surface area contributed by atoms with Crippen molar-refractivity contribution in [2.24, 2.45) is 10.8 Å². The van der Waals surface area contributed by atoms with Crippen LogP contribution < -0.4 is 31.9 Å². The zero-order chi connectivity index (χ0) is 54.5. The molecule has 4 heterocycles. The lowest BCUT2D eigenvalue weighted by molar-refractivity contribution is -0.142. The number of amides is 4. The third-order valence-electron chi connectivity index (χ3n) is 14.1. The molecule has 2 aliphatic heterocycles. The number of ether oxygens (including phenoxy) is 2.